The van der Waals surface area contributed by atoms with Gasteiger partial charge in [0, 0.05) is 25.8 Å². The summed E-state index contributed by atoms with van der Waals surface area (Å²) in [5.74, 6) is -2.78. The number of ether oxygens (including phenoxy) is 1. The zero-order valence-corrected chi connectivity index (χ0v) is 17.4. The molecule has 2 aromatic carbocycles. The summed E-state index contributed by atoms with van der Waals surface area (Å²) in [5, 5.41) is 19.1. The van der Waals surface area contributed by atoms with Crippen molar-refractivity contribution in [2.75, 3.05) is 26.1 Å². The summed E-state index contributed by atoms with van der Waals surface area (Å²) in [6.45, 7) is 0. The first kappa shape index (κ1) is 20.9. The maximum absolute atomic E-state index is 13.3. The summed E-state index contributed by atoms with van der Waals surface area (Å²) < 4.78 is 11.2. The smallest absolute Gasteiger partial charge is 0.338 e. The number of hydrogen-bond acceptors (Lipinski definition) is 7. The van der Waals surface area contributed by atoms with E-state index < -0.39 is 17.4 Å². The summed E-state index contributed by atoms with van der Waals surface area (Å²) in [6.07, 6.45) is 0. The third kappa shape index (κ3) is 3.29. The lowest BCUT2D eigenvalue weighted by atomic mass is 9.93. The van der Waals surface area contributed by atoms with Crippen LogP contribution < -0.4 is 15.1 Å². The van der Waals surface area contributed by atoms with E-state index in [0.717, 1.165) is 5.69 Å². The van der Waals surface area contributed by atoms with Crippen LogP contribution in [0.25, 0.3) is 33.7 Å². The zero-order chi connectivity index (χ0) is 23.2. The highest BCUT2D eigenvalue weighted by Crippen LogP contribution is 2.39. The van der Waals surface area contributed by atoms with Crippen LogP contribution >= 0.6 is 0 Å². The molecule has 0 bridgehead atoms. The molecule has 9 nitrogen and oxygen atoms in total. The van der Waals surface area contributed by atoms with E-state index in [1.54, 1.807) is 12.1 Å². The van der Waals surface area contributed by atoms with Crippen LogP contribution in [0.15, 0.2) is 51.7 Å². The second-order valence-electron chi connectivity index (χ2n) is 7.24. The Labute approximate surface area is 181 Å². The Bertz CT molecular complexity index is 1400. The lowest BCUT2D eigenvalue weighted by molar-refractivity contribution is 0.0686. The quantitative estimate of drug-likeness (QED) is 0.454. The molecule has 2 aliphatic rings. The highest BCUT2D eigenvalue weighted by atomic mass is 16.5. The second-order valence-corrected chi connectivity index (χ2v) is 7.24. The number of anilines is 1. The number of carbonyl (C=O) groups is 2. The first-order valence-electron chi connectivity index (χ1n) is 9.45. The van der Waals surface area contributed by atoms with E-state index in [1.165, 1.54) is 31.4 Å². The van der Waals surface area contributed by atoms with Gasteiger partial charge in [-0.05, 0) is 29.8 Å². The molecule has 1 aliphatic carbocycles. The van der Waals surface area contributed by atoms with Gasteiger partial charge in [-0.15, -0.1) is 0 Å². The van der Waals surface area contributed by atoms with Gasteiger partial charge in [0.1, 0.15) is 16.8 Å². The number of nitrogens with zero attached hydrogens (tertiary/aromatic N) is 2. The van der Waals surface area contributed by atoms with Crippen LogP contribution in [0.4, 0.5) is 5.69 Å². The van der Waals surface area contributed by atoms with Crippen molar-refractivity contribution in [1.29, 1.82) is 0 Å². The van der Waals surface area contributed by atoms with Crippen molar-refractivity contribution in [1.82, 2.24) is 4.98 Å². The minimum Gasteiger partial charge on any atom is -0.490 e. The average molecular weight is 434 g/mol. The number of carboxylic acid groups (broad SMARTS) is 2. The molecule has 0 unspecified atom stereocenters. The SMILES string of the molecule is COc1c2oc3cc(N(C)C)ccc3nc-2c(C(=O)O)c(-c2ccc(C(=O)O)cc2)c1=O. The number of carboxylic acids is 2. The number of aromatic nitrogens is 1. The number of fused-ring (bicyclic) bond motifs is 2. The monoisotopic (exact) mass is 434 g/mol. The molecule has 0 amide bonds. The topological polar surface area (TPSA) is 130 Å². The number of benzene rings is 3. The molecule has 1 aliphatic heterocycles. The van der Waals surface area contributed by atoms with Gasteiger partial charge in [-0.25, -0.2) is 14.6 Å². The van der Waals surface area contributed by atoms with E-state index in [4.69, 9.17) is 14.3 Å². The molecular formula is C23H18N2O7. The summed E-state index contributed by atoms with van der Waals surface area (Å²) in [5.41, 5.74) is 0.559. The summed E-state index contributed by atoms with van der Waals surface area (Å²) in [6, 6.07) is 10.6. The molecule has 0 saturated carbocycles. The van der Waals surface area contributed by atoms with Crippen molar-refractivity contribution in [2.24, 2.45) is 0 Å². The first-order chi connectivity index (χ1) is 15.2. The normalized spacial score (nSPS) is 11.0. The Morgan fingerprint density at radius 2 is 1.72 bits per heavy atom. The van der Waals surface area contributed by atoms with Gasteiger partial charge in [0.25, 0.3) is 0 Å². The van der Waals surface area contributed by atoms with Gasteiger partial charge in [0.2, 0.25) is 11.2 Å². The third-order valence-corrected chi connectivity index (χ3v) is 5.08. The lowest BCUT2D eigenvalue weighted by Crippen LogP contribution is -2.18. The molecule has 4 rings (SSSR count). The van der Waals surface area contributed by atoms with Crippen LogP contribution in [-0.4, -0.2) is 48.3 Å². The van der Waals surface area contributed by atoms with E-state index in [-0.39, 0.29) is 39.5 Å². The number of methoxy groups -OCH3 is 1. The lowest BCUT2D eigenvalue weighted by Gasteiger charge is -2.17. The van der Waals surface area contributed by atoms with Gasteiger partial charge >= 0.3 is 11.9 Å². The fourth-order valence-corrected chi connectivity index (χ4v) is 3.51. The largest absolute Gasteiger partial charge is 0.490 e. The van der Waals surface area contributed by atoms with E-state index in [9.17, 15) is 19.5 Å². The fraction of sp³-hybridized carbons (Fsp3) is 0.130. The second kappa shape index (κ2) is 7.69. The Hall–Kier alpha value is -4.40. The minimum absolute atomic E-state index is 0.00152. The maximum Gasteiger partial charge on any atom is 0.338 e. The van der Waals surface area contributed by atoms with E-state index >= 15 is 0 Å². The molecule has 0 fully saturated rings. The average Bonchev–Trinajstić information content (AvgIpc) is 2.76. The molecule has 0 aromatic heterocycles. The van der Waals surface area contributed by atoms with Gasteiger partial charge < -0.3 is 24.3 Å². The van der Waals surface area contributed by atoms with Gasteiger partial charge in [0.05, 0.1) is 18.2 Å². The highest BCUT2D eigenvalue weighted by molar-refractivity contribution is 6.04. The van der Waals surface area contributed by atoms with Crippen molar-refractivity contribution in [3.63, 3.8) is 0 Å². The van der Waals surface area contributed by atoms with Crippen molar-refractivity contribution < 1.29 is 29.0 Å². The van der Waals surface area contributed by atoms with Gasteiger partial charge in [-0.1, -0.05) is 12.1 Å². The molecule has 162 valence electrons. The van der Waals surface area contributed by atoms with Gasteiger partial charge in [0.15, 0.2) is 11.3 Å². The van der Waals surface area contributed by atoms with Crippen molar-refractivity contribution in [3.05, 3.63) is 63.8 Å². The van der Waals surface area contributed by atoms with E-state index in [2.05, 4.69) is 4.98 Å². The van der Waals surface area contributed by atoms with Crippen molar-refractivity contribution in [2.45, 2.75) is 0 Å². The molecule has 0 spiro atoms. The Morgan fingerprint density at radius 1 is 1.03 bits per heavy atom. The van der Waals surface area contributed by atoms with Crippen LogP contribution in [-0.2, 0) is 0 Å². The van der Waals surface area contributed by atoms with Crippen LogP contribution in [0, 0.1) is 0 Å². The number of rotatable bonds is 5. The number of hydrogen-bond donors (Lipinski definition) is 2. The number of aromatic carboxylic acids is 2. The molecule has 0 atom stereocenters. The predicted molar refractivity (Wildman–Crippen MR) is 117 cm³/mol. The maximum atomic E-state index is 13.3. The zero-order valence-electron chi connectivity index (χ0n) is 17.4. The van der Waals surface area contributed by atoms with Gasteiger partial charge in [-0.2, -0.15) is 0 Å². The molecule has 0 saturated heterocycles. The Kier molecular flexibility index (Phi) is 5.01. The third-order valence-electron chi connectivity index (χ3n) is 5.08. The van der Waals surface area contributed by atoms with Crippen molar-refractivity contribution >= 4 is 28.7 Å². The van der Waals surface area contributed by atoms with Crippen molar-refractivity contribution in [3.8, 4) is 28.3 Å². The van der Waals surface area contributed by atoms with E-state index in [0.29, 0.717) is 11.1 Å². The van der Waals surface area contributed by atoms with Crippen LogP contribution in [0.5, 0.6) is 5.75 Å². The standard InChI is InChI=1S/C23H18N2O7/c1-25(2)13-8-9-14-15(10-13)32-20-18(24-14)17(23(29)30)16(19(26)21(20)31-3)11-4-6-12(7-5-11)22(27)28/h4-10H,1-3H3,(H,27,28)(H,29,30). The molecule has 0 radical (unpaired) electrons. The Morgan fingerprint density at radius 3 is 2.28 bits per heavy atom. The van der Waals surface area contributed by atoms with Crippen LogP contribution in [0.2, 0.25) is 0 Å². The fourth-order valence-electron chi connectivity index (χ4n) is 3.51. The summed E-state index contributed by atoms with van der Waals surface area (Å²) in [7, 11) is 5.00. The highest BCUT2D eigenvalue weighted by Gasteiger charge is 2.31. The molecule has 1 heterocycles. The Balaban J connectivity index is 2.11. The molecule has 2 aromatic rings. The minimum atomic E-state index is -1.38. The van der Waals surface area contributed by atoms with Crippen LogP contribution in [0.1, 0.15) is 20.7 Å². The van der Waals surface area contributed by atoms with Crippen LogP contribution in [0.3, 0.4) is 0 Å². The predicted octanol–water partition coefficient (Wildman–Crippen LogP) is 3.43. The molecular weight excluding hydrogens is 416 g/mol. The molecule has 32 heavy (non-hydrogen) atoms. The first-order valence-corrected chi connectivity index (χ1v) is 9.45. The summed E-state index contributed by atoms with van der Waals surface area (Å²) >= 11 is 0. The van der Waals surface area contributed by atoms with Gasteiger partial charge in [-0.3, -0.25) is 4.79 Å². The molecule has 9 heteroatoms. The van der Waals surface area contributed by atoms with E-state index in [1.807, 2.05) is 25.1 Å². The summed E-state index contributed by atoms with van der Waals surface area (Å²) in [4.78, 5) is 43.0. The molecule has 2 N–H and O–H groups in total.